The van der Waals surface area contributed by atoms with Crippen LogP contribution in [0.4, 0.5) is 5.69 Å². The van der Waals surface area contributed by atoms with Crippen LogP contribution in [0.2, 0.25) is 10.0 Å². The summed E-state index contributed by atoms with van der Waals surface area (Å²) in [5, 5.41) is 2.55. The first-order valence-electron chi connectivity index (χ1n) is 9.49. The topological polar surface area (TPSA) is 75.3 Å². The molecule has 0 aromatic heterocycles. The summed E-state index contributed by atoms with van der Waals surface area (Å²) in [5.41, 5.74) is 1.56. The molecule has 1 atom stereocenters. The van der Waals surface area contributed by atoms with Gasteiger partial charge in [0.2, 0.25) is 10.0 Å². The number of aryl methyl sites for hydroxylation is 1. The van der Waals surface area contributed by atoms with Crippen molar-refractivity contribution < 1.29 is 13.2 Å². The normalized spacial score (nSPS) is 12.8. The molecule has 2 N–H and O–H groups in total. The zero-order chi connectivity index (χ0) is 21.8. The molecule has 0 spiro atoms. The van der Waals surface area contributed by atoms with E-state index in [2.05, 4.69) is 10.0 Å². The summed E-state index contributed by atoms with van der Waals surface area (Å²) in [5.74, 6) is -0.135. The molecule has 0 aliphatic rings. The largest absolute Gasteiger partial charge is 0.321 e. The molecule has 0 fully saturated rings. The van der Waals surface area contributed by atoms with Crippen LogP contribution >= 0.6 is 23.2 Å². The van der Waals surface area contributed by atoms with Crippen molar-refractivity contribution >= 4 is 44.8 Å². The zero-order valence-corrected chi connectivity index (χ0v) is 19.3. The molecule has 0 aliphatic heterocycles. The van der Waals surface area contributed by atoms with E-state index in [4.69, 9.17) is 23.2 Å². The molecule has 1 amide bonds. The van der Waals surface area contributed by atoms with Gasteiger partial charge in [0.05, 0.1) is 15.7 Å². The fourth-order valence-electron chi connectivity index (χ4n) is 3.25. The molecule has 158 valence electrons. The minimum Gasteiger partial charge on any atom is -0.321 e. The van der Waals surface area contributed by atoms with Crippen molar-refractivity contribution in [2.45, 2.75) is 51.5 Å². The highest BCUT2D eigenvalue weighted by Gasteiger charge is 2.26. The molecule has 5 nitrogen and oxygen atoms in total. The Morgan fingerprint density at radius 3 is 2.24 bits per heavy atom. The van der Waals surface area contributed by atoms with Crippen molar-refractivity contribution in [3.8, 4) is 0 Å². The van der Waals surface area contributed by atoms with Crippen molar-refractivity contribution in [3.05, 3.63) is 57.6 Å². The molecule has 2 aromatic carbocycles. The fourth-order valence-corrected chi connectivity index (χ4v) is 5.38. The van der Waals surface area contributed by atoms with Gasteiger partial charge in [0, 0.05) is 11.6 Å². The van der Waals surface area contributed by atoms with Gasteiger partial charge in [0.15, 0.2) is 0 Å². The van der Waals surface area contributed by atoms with E-state index in [9.17, 15) is 13.2 Å². The fraction of sp³-hybridized carbons (Fsp3) is 0.381. The molecule has 0 radical (unpaired) electrons. The lowest BCUT2D eigenvalue weighted by Gasteiger charge is -2.23. The maximum absolute atomic E-state index is 12.8. The second-order valence-corrected chi connectivity index (χ2v) is 9.43. The third-order valence-electron chi connectivity index (χ3n) is 5.07. The smallest absolute Gasteiger partial charge is 0.255 e. The van der Waals surface area contributed by atoms with E-state index in [1.165, 1.54) is 12.1 Å². The second kappa shape index (κ2) is 9.94. The first kappa shape index (κ1) is 23.7. The molecule has 2 rings (SSSR count). The van der Waals surface area contributed by atoms with Crippen LogP contribution in [-0.2, 0) is 10.0 Å². The Morgan fingerprint density at radius 1 is 1.03 bits per heavy atom. The van der Waals surface area contributed by atoms with Gasteiger partial charge in [0.25, 0.3) is 5.91 Å². The van der Waals surface area contributed by atoms with Crippen LogP contribution in [0.15, 0.2) is 41.3 Å². The summed E-state index contributed by atoms with van der Waals surface area (Å²) < 4.78 is 28.3. The van der Waals surface area contributed by atoms with E-state index in [0.29, 0.717) is 5.56 Å². The van der Waals surface area contributed by atoms with Crippen LogP contribution in [0, 0.1) is 12.8 Å². The minimum atomic E-state index is -3.86. The monoisotopic (exact) mass is 456 g/mol. The molecule has 8 heteroatoms. The number of hydrogen-bond acceptors (Lipinski definition) is 3. The van der Waals surface area contributed by atoms with Crippen molar-refractivity contribution in [3.63, 3.8) is 0 Å². The lowest BCUT2D eigenvalue weighted by Crippen LogP contribution is -2.37. The molecule has 0 saturated heterocycles. The van der Waals surface area contributed by atoms with Gasteiger partial charge in [-0.2, -0.15) is 0 Å². The molecule has 0 saturated carbocycles. The van der Waals surface area contributed by atoms with Crippen LogP contribution in [0.25, 0.3) is 0 Å². The van der Waals surface area contributed by atoms with Gasteiger partial charge in [-0.3, -0.25) is 4.79 Å². The van der Waals surface area contributed by atoms with Crippen LogP contribution in [0.3, 0.4) is 0 Å². The van der Waals surface area contributed by atoms with Crippen molar-refractivity contribution in [2.24, 2.45) is 5.92 Å². The number of carbonyl (C=O) groups excluding carboxylic acids is 1. The average Bonchev–Trinajstić information content (AvgIpc) is 2.66. The standard InChI is InChI=1S/C21H26Cl2N2O3S/c1-5-15(6-2)14(4)25-29(27,28)18-12-11-17(19(22)20(18)23)24-21(26)16-10-8-7-9-13(16)3/h7-12,14-15,25H,5-6H2,1-4H3,(H,24,26)/t14-/m1/s1. The van der Waals surface area contributed by atoms with Gasteiger partial charge in [0.1, 0.15) is 4.90 Å². The van der Waals surface area contributed by atoms with Gasteiger partial charge in [-0.1, -0.05) is 68.1 Å². The number of nitrogens with one attached hydrogen (secondary N) is 2. The van der Waals surface area contributed by atoms with Gasteiger partial charge >= 0.3 is 0 Å². The third kappa shape index (κ3) is 5.51. The number of amides is 1. The number of anilines is 1. The molecule has 2 aromatic rings. The SMILES string of the molecule is CCC(CC)[C@@H](C)NS(=O)(=O)c1ccc(NC(=O)c2ccccc2C)c(Cl)c1Cl. The average molecular weight is 457 g/mol. The van der Waals surface area contributed by atoms with Crippen LogP contribution in [0.1, 0.15) is 49.5 Å². The molecule has 29 heavy (non-hydrogen) atoms. The summed E-state index contributed by atoms with van der Waals surface area (Å²) in [6.07, 6.45) is 1.72. The van der Waals surface area contributed by atoms with Crippen molar-refractivity contribution in [2.75, 3.05) is 5.32 Å². The maximum Gasteiger partial charge on any atom is 0.255 e. The Kier molecular flexibility index (Phi) is 8.11. The predicted molar refractivity (Wildman–Crippen MR) is 119 cm³/mol. The highest BCUT2D eigenvalue weighted by molar-refractivity contribution is 7.89. The summed E-state index contributed by atoms with van der Waals surface area (Å²) >= 11 is 12.6. The predicted octanol–water partition coefficient (Wildman–Crippen LogP) is 5.66. The Balaban J connectivity index is 2.29. The number of rotatable bonds is 8. The molecular weight excluding hydrogens is 431 g/mol. The van der Waals surface area contributed by atoms with Crippen molar-refractivity contribution in [1.29, 1.82) is 0 Å². The summed E-state index contributed by atoms with van der Waals surface area (Å²) in [6, 6.07) is 9.67. The lowest BCUT2D eigenvalue weighted by atomic mass is 9.96. The Bertz CT molecular complexity index is 989. The molecule has 0 bridgehead atoms. The van der Waals surface area contributed by atoms with E-state index >= 15 is 0 Å². The maximum atomic E-state index is 12.8. The van der Waals surface area contributed by atoms with Crippen LogP contribution in [0.5, 0.6) is 0 Å². The highest BCUT2D eigenvalue weighted by Crippen LogP contribution is 2.36. The third-order valence-corrected chi connectivity index (χ3v) is 7.67. The van der Waals surface area contributed by atoms with Crippen LogP contribution < -0.4 is 10.0 Å². The Labute approximate surface area is 182 Å². The highest BCUT2D eigenvalue weighted by atomic mass is 35.5. The number of benzene rings is 2. The Morgan fingerprint density at radius 2 is 1.66 bits per heavy atom. The van der Waals surface area contributed by atoms with Crippen molar-refractivity contribution in [1.82, 2.24) is 4.72 Å². The number of carbonyl (C=O) groups is 1. The van der Waals surface area contributed by atoms with E-state index in [1.807, 2.05) is 39.8 Å². The zero-order valence-electron chi connectivity index (χ0n) is 16.9. The van der Waals surface area contributed by atoms with E-state index in [-0.39, 0.29) is 38.5 Å². The summed E-state index contributed by atoms with van der Waals surface area (Å²) in [7, 11) is -3.86. The van der Waals surface area contributed by atoms with E-state index < -0.39 is 10.0 Å². The minimum absolute atomic E-state index is 0.0216. The lowest BCUT2D eigenvalue weighted by molar-refractivity contribution is 0.102. The van der Waals surface area contributed by atoms with Crippen LogP contribution in [-0.4, -0.2) is 20.4 Å². The first-order chi connectivity index (χ1) is 13.6. The first-order valence-corrected chi connectivity index (χ1v) is 11.7. The van der Waals surface area contributed by atoms with Gasteiger partial charge in [-0.05, 0) is 43.5 Å². The number of halogens is 2. The van der Waals surface area contributed by atoms with E-state index in [1.54, 1.807) is 12.1 Å². The van der Waals surface area contributed by atoms with Gasteiger partial charge < -0.3 is 5.32 Å². The number of sulfonamides is 1. The Hall–Kier alpha value is -1.60. The van der Waals surface area contributed by atoms with Gasteiger partial charge in [-0.15, -0.1) is 0 Å². The second-order valence-electron chi connectivity index (χ2n) is 6.99. The summed E-state index contributed by atoms with van der Waals surface area (Å²) in [6.45, 7) is 7.71. The van der Waals surface area contributed by atoms with Gasteiger partial charge in [-0.25, -0.2) is 13.1 Å². The molecule has 0 heterocycles. The molecule has 0 unspecified atom stereocenters. The van der Waals surface area contributed by atoms with E-state index in [0.717, 1.165) is 18.4 Å². The summed E-state index contributed by atoms with van der Waals surface area (Å²) in [4.78, 5) is 12.4. The quantitative estimate of drug-likeness (QED) is 0.537. The molecule has 0 aliphatic carbocycles. The number of hydrogen-bond donors (Lipinski definition) is 2. The molecular formula is C21H26Cl2N2O3S.